The molecule has 32 heavy (non-hydrogen) atoms. The van der Waals surface area contributed by atoms with Crippen LogP contribution in [0.3, 0.4) is 0 Å². The summed E-state index contributed by atoms with van der Waals surface area (Å²) in [5.74, 6) is 0.956. The number of rotatable bonds is 4. The van der Waals surface area contributed by atoms with Crippen LogP contribution < -0.4 is 10.2 Å². The molecule has 0 saturated carbocycles. The Bertz CT molecular complexity index is 1160. The van der Waals surface area contributed by atoms with E-state index >= 15 is 0 Å². The lowest BCUT2D eigenvalue weighted by molar-refractivity contribution is 0.191. The number of carbonyl (C=O) groups excluding carboxylic acids is 1. The van der Waals surface area contributed by atoms with Crippen molar-refractivity contribution in [3.05, 3.63) is 96.1 Å². The van der Waals surface area contributed by atoms with Crippen LogP contribution >= 0.6 is 0 Å². The lowest BCUT2D eigenvalue weighted by atomic mass is 9.99. The number of nitrogens with one attached hydrogen (secondary N) is 1. The zero-order valence-electron chi connectivity index (χ0n) is 18.2. The molecule has 162 valence electrons. The smallest absolute Gasteiger partial charge is 0.318 e. The van der Waals surface area contributed by atoms with Gasteiger partial charge in [-0.05, 0) is 23.3 Å². The third-order valence-electron chi connectivity index (χ3n) is 6.15. The molecule has 0 radical (unpaired) electrons. The summed E-state index contributed by atoms with van der Waals surface area (Å²) in [5.41, 5.74) is 4.27. The molecule has 3 aromatic carbocycles. The van der Waals surface area contributed by atoms with Crippen molar-refractivity contribution in [3.63, 3.8) is 0 Å². The van der Waals surface area contributed by atoms with Crippen molar-refractivity contribution >= 4 is 23.0 Å². The molecule has 6 heteroatoms. The molecule has 1 aliphatic rings. The average Bonchev–Trinajstić information content (AvgIpc) is 3.20. The van der Waals surface area contributed by atoms with Crippen LogP contribution in [-0.4, -0.2) is 46.7 Å². The van der Waals surface area contributed by atoms with E-state index in [0.717, 1.165) is 41.2 Å². The van der Waals surface area contributed by atoms with Crippen molar-refractivity contribution < 1.29 is 4.79 Å². The van der Waals surface area contributed by atoms with E-state index in [1.54, 1.807) is 0 Å². The molecular weight excluding hydrogens is 398 g/mol. The second-order valence-electron chi connectivity index (χ2n) is 8.14. The van der Waals surface area contributed by atoms with Gasteiger partial charge in [0.15, 0.2) is 0 Å². The van der Waals surface area contributed by atoms with Crippen molar-refractivity contribution in [3.8, 4) is 0 Å². The van der Waals surface area contributed by atoms with E-state index in [1.165, 1.54) is 0 Å². The number of para-hydroxylation sites is 2. The number of nitrogens with zero attached hydrogens (tertiary/aromatic N) is 4. The Hall–Kier alpha value is -3.80. The third kappa shape index (κ3) is 3.91. The fourth-order valence-electron chi connectivity index (χ4n) is 4.39. The monoisotopic (exact) mass is 425 g/mol. The molecule has 1 N–H and O–H groups in total. The van der Waals surface area contributed by atoms with Gasteiger partial charge >= 0.3 is 6.03 Å². The molecule has 0 bridgehead atoms. The van der Waals surface area contributed by atoms with E-state index in [4.69, 9.17) is 4.98 Å². The van der Waals surface area contributed by atoms with Crippen LogP contribution in [-0.2, 0) is 7.05 Å². The van der Waals surface area contributed by atoms with Crippen LogP contribution in [0.15, 0.2) is 84.9 Å². The molecule has 4 aromatic rings. The fraction of sp³-hybridized carbons (Fsp3) is 0.231. The van der Waals surface area contributed by atoms with E-state index < -0.39 is 0 Å². The predicted molar refractivity (Wildman–Crippen MR) is 128 cm³/mol. The number of hydrogen-bond acceptors (Lipinski definition) is 3. The number of urea groups is 1. The molecule has 2 heterocycles. The maximum atomic E-state index is 13.2. The molecule has 0 spiro atoms. The molecule has 0 aliphatic carbocycles. The topological polar surface area (TPSA) is 53.4 Å². The molecule has 0 atom stereocenters. The van der Waals surface area contributed by atoms with Gasteiger partial charge in [0.2, 0.25) is 5.95 Å². The lowest BCUT2D eigenvalue weighted by Crippen LogP contribution is -2.52. The molecule has 5 rings (SSSR count). The van der Waals surface area contributed by atoms with E-state index in [0.29, 0.717) is 13.1 Å². The Balaban J connectivity index is 1.28. The van der Waals surface area contributed by atoms with Crippen LogP contribution in [0, 0.1) is 0 Å². The van der Waals surface area contributed by atoms with Crippen LogP contribution in [0.4, 0.5) is 10.7 Å². The lowest BCUT2D eigenvalue weighted by Gasteiger charge is -2.36. The highest BCUT2D eigenvalue weighted by atomic mass is 16.2. The quantitative estimate of drug-likeness (QED) is 0.533. The summed E-state index contributed by atoms with van der Waals surface area (Å²) in [5, 5.41) is 3.25. The number of imidazole rings is 1. The van der Waals surface area contributed by atoms with Gasteiger partial charge in [-0.25, -0.2) is 9.78 Å². The number of amides is 2. The summed E-state index contributed by atoms with van der Waals surface area (Å²) in [7, 11) is 2.05. The van der Waals surface area contributed by atoms with Crippen molar-refractivity contribution in [2.75, 3.05) is 31.1 Å². The summed E-state index contributed by atoms with van der Waals surface area (Å²) in [6, 6.07) is 28.2. The van der Waals surface area contributed by atoms with Crippen molar-refractivity contribution in [2.24, 2.45) is 7.05 Å². The van der Waals surface area contributed by atoms with Gasteiger partial charge in [0.05, 0.1) is 17.1 Å². The van der Waals surface area contributed by atoms with Gasteiger partial charge < -0.3 is 19.7 Å². The molecule has 1 aliphatic heterocycles. The van der Waals surface area contributed by atoms with Gasteiger partial charge in [0, 0.05) is 33.2 Å². The zero-order chi connectivity index (χ0) is 21.9. The van der Waals surface area contributed by atoms with Crippen molar-refractivity contribution in [1.82, 2.24) is 19.8 Å². The van der Waals surface area contributed by atoms with Gasteiger partial charge in [0.25, 0.3) is 0 Å². The van der Waals surface area contributed by atoms with Crippen molar-refractivity contribution in [2.45, 2.75) is 6.04 Å². The van der Waals surface area contributed by atoms with Crippen LogP contribution in [0.25, 0.3) is 11.0 Å². The summed E-state index contributed by atoms with van der Waals surface area (Å²) in [4.78, 5) is 22.1. The minimum Gasteiger partial charge on any atom is -0.339 e. The minimum absolute atomic E-state index is 0.0349. The average molecular weight is 426 g/mol. The van der Waals surface area contributed by atoms with E-state index in [1.807, 2.05) is 66.5 Å². The van der Waals surface area contributed by atoms with Gasteiger partial charge in [-0.2, -0.15) is 0 Å². The first-order chi connectivity index (χ1) is 15.7. The van der Waals surface area contributed by atoms with Crippen LogP contribution in [0.2, 0.25) is 0 Å². The molecule has 2 amide bonds. The Kier molecular flexibility index (Phi) is 5.50. The summed E-state index contributed by atoms with van der Waals surface area (Å²) >= 11 is 0. The SMILES string of the molecule is Cn1c(N2CCN(C(=O)NC(c3ccccc3)c3ccccc3)CC2)nc2ccccc21. The fourth-order valence-corrected chi connectivity index (χ4v) is 4.39. The first kappa shape index (κ1) is 20.1. The van der Waals surface area contributed by atoms with Crippen molar-refractivity contribution in [1.29, 1.82) is 0 Å². The first-order valence-corrected chi connectivity index (χ1v) is 11.0. The summed E-state index contributed by atoms with van der Waals surface area (Å²) in [6.45, 7) is 2.83. The van der Waals surface area contributed by atoms with Gasteiger partial charge in [0.1, 0.15) is 0 Å². The van der Waals surface area contributed by atoms with Crippen LogP contribution in [0.5, 0.6) is 0 Å². The standard InChI is InChI=1S/C26H27N5O/c1-29-23-15-9-8-14-22(23)27-25(29)30-16-18-31(19-17-30)26(32)28-24(20-10-4-2-5-11-20)21-12-6-3-7-13-21/h2-15,24H,16-19H2,1H3,(H,28,32). The third-order valence-corrected chi connectivity index (χ3v) is 6.15. The predicted octanol–water partition coefficient (Wildman–Crippen LogP) is 4.19. The molecule has 1 fully saturated rings. The van der Waals surface area contributed by atoms with Gasteiger partial charge in [-0.1, -0.05) is 72.8 Å². The number of aromatic nitrogens is 2. The Labute approximate surface area is 188 Å². The number of piperazine rings is 1. The Morgan fingerprint density at radius 1 is 0.812 bits per heavy atom. The second-order valence-corrected chi connectivity index (χ2v) is 8.14. The number of fused-ring (bicyclic) bond motifs is 1. The van der Waals surface area contributed by atoms with E-state index in [-0.39, 0.29) is 12.1 Å². The van der Waals surface area contributed by atoms with Gasteiger partial charge in [-0.3, -0.25) is 0 Å². The maximum absolute atomic E-state index is 13.2. The molecule has 1 aromatic heterocycles. The first-order valence-electron chi connectivity index (χ1n) is 11.0. The number of benzene rings is 3. The highest BCUT2D eigenvalue weighted by molar-refractivity contribution is 5.79. The summed E-state index contributed by atoms with van der Waals surface area (Å²) in [6.07, 6.45) is 0. The number of aryl methyl sites for hydroxylation is 1. The maximum Gasteiger partial charge on any atom is 0.318 e. The molecule has 6 nitrogen and oxygen atoms in total. The van der Waals surface area contributed by atoms with Gasteiger partial charge in [-0.15, -0.1) is 0 Å². The Morgan fingerprint density at radius 2 is 1.38 bits per heavy atom. The number of anilines is 1. The molecule has 0 unspecified atom stereocenters. The van der Waals surface area contributed by atoms with Crippen LogP contribution in [0.1, 0.15) is 17.2 Å². The molecular formula is C26H27N5O. The minimum atomic E-state index is -0.178. The Morgan fingerprint density at radius 3 is 1.97 bits per heavy atom. The highest BCUT2D eigenvalue weighted by Crippen LogP contribution is 2.24. The number of carbonyl (C=O) groups is 1. The van der Waals surface area contributed by atoms with E-state index in [9.17, 15) is 4.79 Å². The largest absolute Gasteiger partial charge is 0.339 e. The van der Waals surface area contributed by atoms with E-state index in [2.05, 4.69) is 45.1 Å². The highest BCUT2D eigenvalue weighted by Gasteiger charge is 2.26. The summed E-state index contributed by atoms with van der Waals surface area (Å²) < 4.78 is 2.13. The molecule has 1 saturated heterocycles. The zero-order valence-corrected chi connectivity index (χ0v) is 18.2. The second kappa shape index (κ2) is 8.75. The number of hydrogen-bond donors (Lipinski definition) is 1. The normalized spacial score (nSPS) is 14.2.